The Kier molecular flexibility index (Phi) is 5.32. The molecule has 1 atom stereocenters. The van der Waals surface area contributed by atoms with E-state index in [9.17, 15) is 17.7 Å². The van der Waals surface area contributed by atoms with Gasteiger partial charge in [0.05, 0.1) is 11.6 Å². The summed E-state index contributed by atoms with van der Waals surface area (Å²) in [5.74, 6) is -0.532. The molecule has 2 rings (SSSR count). The maximum atomic E-state index is 12.5. The fourth-order valence-electron chi connectivity index (χ4n) is 1.53. The van der Waals surface area contributed by atoms with E-state index in [2.05, 4.69) is 15.9 Å². The van der Waals surface area contributed by atoms with Crippen molar-refractivity contribution < 1.29 is 73.9 Å². The third-order valence-corrected chi connectivity index (χ3v) is 2.82. The van der Waals surface area contributed by atoms with Gasteiger partial charge in [-0.3, -0.25) is 4.79 Å². The Morgan fingerprint density at radius 1 is 1.35 bits per heavy atom. The number of ketones is 1. The molecule has 1 heterocycles. The van der Waals surface area contributed by atoms with Gasteiger partial charge in [-0.1, -0.05) is 15.9 Å². The first-order chi connectivity index (χ1) is 7.38. The zero-order valence-corrected chi connectivity index (χ0v) is 13.6. The fourth-order valence-corrected chi connectivity index (χ4v) is 1.89. The van der Waals surface area contributed by atoms with Crippen molar-refractivity contribution in [3.63, 3.8) is 0 Å². The number of Topliss-reactive ketones (excluding diaryl/α,β-unsaturated/α-hetero) is 1. The van der Waals surface area contributed by atoms with Crippen LogP contribution >= 0.6 is 15.9 Å². The zero-order valence-electron chi connectivity index (χ0n) is 8.92. The second kappa shape index (κ2) is 5.75. The van der Waals surface area contributed by atoms with Crippen LogP contribution < -0.4 is 56.1 Å². The molecular formula is C9H6BBrF3KO2. The SMILES string of the molecule is O=C1CC([B-](F)(F)F)Oc2ccc(Br)cc21.[K+]. The average Bonchev–Trinajstić information content (AvgIpc) is 2.17. The Hall–Kier alpha value is 0.661. The summed E-state index contributed by atoms with van der Waals surface area (Å²) in [7, 11) is 0. The molecule has 1 aliphatic rings. The third kappa shape index (κ3) is 3.57. The van der Waals surface area contributed by atoms with Gasteiger partial charge in [-0.25, -0.2) is 0 Å². The van der Waals surface area contributed by atoms with E-state index >= 15 is 0 Å². The molecule has 0 aromatic heterocycles. The normalized spacial score (nSPS) is 19.1. The second-order valence-electron chi connectivity index (χ2n) is 3.55. The minimum atomic E-state index is -5.15. The standard InChI is InChI=1S/C9H6BBrF3O2.K/c11-5-1-2-8-6(3-5)7(15)4-9(16-8)10(12,13)14;/h1-3,9H,4H2;/q-1;+1. The van der Waals surface area contributed by atoms with Crippen molar-refractivity contribution in [2.45, 2.75) is 12.4 Å². The van der Waals surface area contributed by atoms with Crippen molar-refractivity contribution in [3.8, 4) is 5.75 Å². The first-order valence-electron chi connectivity index (χ1n) is 4.57. The smallest absolute Gasteiger partial charge is 0.517 e. The molecule has 0 saturated carbocycles. The van der Waals surface area contributed by atoms with Gasteiger partial charge in [0.15, 0.2) is 5.78 Å². The summed E-state index contributed by atoms with van der Waals surface area (Å²) >= 11 is 3.15. The summed E-state index contributed by atoms with van der Waals surface area (Å²) < 4.78 is 42.8. The van der Waals surface area contributed by atoms with Gasteiger partial charge in [0.1, 0.15) is 5.75 Å². The molecule has 0 N–H and O–H groups in total. The Morgan fingerprint density at radius 2 is 2.00 bits per heavy atom. The molecule has 0 aliphatic carbocycles. The van der Waals surface area contributed by atoms with Crippen molar-refractivity contribution in [3.05, 3.63) is 28.2 Å². The van der Waals surface area contributed by atoms with Gasteiger partial charge in [-0.05, 0) is 18.2 Å². The Balaban J connectivity index is 0.00000144. The van der Waals surface area contributed by atoms with Gasteiger partial charge in [0.25, 0.3) is 0 Å². The molecule has 1 aliphatic heterocycles. The van der Waals surface area contributed by atoms with Crippen LogP contribution in [0.5, 0.6) is 5.75 Å². The van der Waals surface area contributed by atoms with Gasteiger partial charge in [0, 0.05) is 10.9 Å². The van der Waals surface area contributed by atoms with Crippen molar-refractivity contribution in [1.29, 1.82) is 0 Å². The van der Waals surface area contributed by atoms with Crippen LogP contribution in [0.25, 0.3) is 0 Å². The molecular weight excluding hydrogens is 327 g/mol. The second-order valence-corrected chi connectivity index (χ2v) is 4.47. The van der Waals surface area contributed by atoms with E-state index in [1.54, 1.807) is 0 Å². The van der Waals surface area contributed by atoms with Crippen molar-refractivity contribution in [2.24, 2.45) is 0 Å². The van der Waals surface area contributed by atoms with Gasteiger partial charge in [0.2, 0.25) is 0 Å². The summed E-state index contributed by atoms with van der Waals surface area (Å²) in [5.41, 5.74) is 0.200. The van der Waals surface area contributed by atoms with Crippen LogP contribution in [0.3, 0.4) is 0 Å². The number of ether oxygens (including phenoxy) is 1. The molecule has 0 fully saturated rings. The molecule has 2 nitrogen and oxygen atoms in total. The Morgan fingerprint density at radius 3 is 2.59 bits per heavy atom. The van der Waals surface area contributed by atoms with Crippen LogP contribution in [0.2, 0.25) is 0 Å². The number of benzene rings is 1. The van der Waals surface area contributed by atoms with Gasteiger partial charge >= 0.3 is 58.4 Å². The summed E-state index contributed by atoms with van der Waals surface area (Å²) in [6.07, 6.45) is -0.632. The Labute approximate surface area is 147 Å². The van der Waals surface area contributed by atoms with Crippen molar-refractivity contribution in [1.82, 2.24) is 0 Å². The fraction of sp³-hybridized carbons (Fsp3) is 0.222. The van der Waals surface area contributed by atoms with Crippen molar-refractivity contribution in [2.75, 3.05) is 0 Å². The van der Waals surface area contributed by atoms with E-state index in [0.29, 0.717) is 4.47 Å². The molecule has 8 heteroatoms. The number of fused-ring (bicyclic) bond motifs is 1. The number of hydrogen-bond donors (Lipinski definition) is 0. The largest absolute Gasteiger partial charge is 1.00 e. The van der Waals surface area contributed by atoms with Crippen LogP contribution in [-0.4, -0.2) is 18.8 Å². The Bertz CT molecular complexity index is 452. The van der Waals surface area contributed by atoms with Crippen LogP contribution in [0, 0.1) is 0 Å². The molecule has 1 aromatic rings. The topological polar surface area (TPSA) is 26.3 Å². The molecule has 1 unspecified atom stereocenters. The molecule has 0 saturated heterocycles. The van der Waals surface area contributed by atoms with E-state index in [1.807, 2.05) is 0 Å². The van der Waals surface area contributed by atoms with Crippen LogP contribution in [0.1, 0.15) is 16.8 Å². The molecule has 17 heavy (non-hydrogen) atoms. The first kappa shape index (κ1) is 15.7. The predicted molar refractivity (Wildman–Crippen MR) is 56.6 cm³/mol. The number of hydrogen-bond acceptors (Lipinski definition) is 2. The van der Waals surface area contributed by atoms with Gasteiger partial charge in [-0.15, -0.1) is 0 Å². The van der Waals surface area contributed by atoms with Gasteiger partial charge in [-0.2, -0.15) is 0 Å². The number of carbonyl (C=O) groups excluding carboxylic acids is 1. The zero-order chi connectivity index (χ0) is 11.9. The predicted octanol–water partition coefficient (Wildman–Crippen LogP) is 0.174. The third-order valence-electron chi connectivity index (χ3n) is 2.33. The molecule has 0 amide bonds. The number of carbonyl (C=O) groups is 1. The van der Waals surface area contributed by atoms with E-state index in [4.69, 9.17) is 4.74 Å². The van der Waals surface area contributed by atoms with Crippen LogP contribution in [-0.2, 0) is 0 Å². The summed E-state index contributed by atoms with van der Waals surface area (Å²) in [6.45, 7) is -5.15. The maximum absolute atomic E-state index is 12.5. The number of rotatable bonds is 1. The molecule has 0 spiro atoms. The number of halogens is 4. The maximum Gasteiger partial charge on any atom is 1.00 e. The molecule has 86 valence electrons. The first-order valence-corrected chi connectivity index (χ1v) is 5.36. The minimum absolute atomic E-state index is 0. The van der Waals surface area contributed by atoms with E-state index in [-0.39, 0.29) is 62.7 Å². The monoisotopic (exact) mass is 332 g/mol. The van der Waals surface area contributed by atoms with E-state index in [0.717, 1.165) is 0 Å². The molecule has 0 radical (unpaired) electrons. The van der Waals surface area contributed by atoms with E-state index in [1.165, 1.54) is 18.2 Å². The summed E-state index contributed by atoms with van der Waals surface area (Å²) in [4.78, 5) is 11.5. The minimum Gasteiger partial charge on any atom is -0.517 e. The quantitative estimate of drug-likeness (QED) is 0.686. The van der Waals surface area contributed by atoms with E-state index < -0.39 is 25.2 Å². The average molecular weight is 333 g/mol. The molecule has 0 bridgehead atoms. The molecule has 1 aromatic carbocycles. The summed E-state index contributed by atoms with van der Waals surface area (Å²) in [6, 6.07) is 2.40. The van der Waals surface area contributed by atoms with Crippen LogP contribution in [0.4, 0.5) is 12.9 Å². The van der Waals surface area contributed by atoms with Crippen LogP contribution in [0.15, 0.2) is 22.7 Å². The summed E-state index contributed by atoms with van der Waals surface area (Å²) in [5, 5.41) is 0. The van der Waals surface area contributed by atoms with Gasteiger partial charge < -0.3 is 17.7 Å². The van der Waals surface area contributed by atoms with Crippen molar-refractivity contribution >= 4 is 28.7 Å².